The molecule has 3 aromatic rings. The molecule has 1 unspecified atom stereocenters. The van der Waals surface area contributed by atoms with Crippen LogP contribution in [0.3, 0.4) is 0 Å². The van der Waals surface area contributed by atoms with E-state index in [0.717, 1.165) is 11.1 Å². The molecular weight excluding hydrogens is 352 g/mol. The predicted octanol–water partition coefficient (Wildman–Crippen LogP) is 3.53. The van der Waals surface area contributed by atoms with Crippen LogP contribution in [0.2, 0.25) is 0 Å². The van der Waals surface area contributed by atoms with Crippen LogP contribution in [0.25, 0.3) is 11.1 Å². The molecule has 5 heteroatoms. The number of aliphatic carboxylic acids is 1. The van der Waals surface area contributed by atoms with E-state index in [4.69, 9.17) is 10.00 Å². The van der Waals surface area contributed by atoms with Crippen LogP contribution in [0.4, 0.5) is 5.69 Å². The van der Waals surface area contributed by atoms with Gasteiger partial charge in [0, 0.05) is 5.69 Å². The lowest BCUT2D eigenvalue weighted by Crippen LogP contribution is -2.34. The second kappa shape index (κ2) is 8.74. The van der Waals surface area contributed by atoms with E-state index in [-0.39, 0.29) is 0 Å². The molecule has 0 aliphatic carbocycles. The molecule has 0 saturated heterocycles. The number of rotatable bonds is 7. The third-order valence-corrected chi connectivity index (χ3v) is 4.24. The fraction of sp³-hybridized carbons (Fsp3) is 0.130. The topological polar surface area (TPSA) is 85.2 Å². The Morgan fingerprint density at radius 2 is 1.79 bits per heavy atom. The van der Waals surface area contributed by atoms with Gasteiger partial charge in [-0.1, -0.05) is 30.3 Å². The number of ether oxygens (including phenoxy) is 1. The number of carbonyl (C=O) groups excluding carboxylic acids is 1. The van der Waals surface area contributed by atoms with E-state index in [1.54, 1.807) is 30.3 Å². The van der Waals surface area contributed by atoms with Crippen molar-refractivity contribution >= 4 is 11.7 Å². The first-order valence-corrected chi connectivity index (χ1v) is 8.91. The Morgan fingerprint density at radius 1 is 1.07 bits per heavy atom. The lowest BCUT2D eigenvalue weighted by Gasteiger charge is -2.23. The highest BCUT2D eigenvalue weighted by Gasteiger charge is 2.16. The molecule has 0 aliphatic heterocycles. The Labute approximate surface area is 163 Å². The minimum Gasteiger partial charge on any atom is -0.548 e. The highest BCUT2D eigenvalue weighted by atomic mass is 16.5. The molecule has 140 valence electrons. The average molecular weight is 371 g/mol. The Bertz CT molecular complexity index is 993. The highest BCUT2D eigenvalue weighted by Crippen LogP contribution is 2.30. The Balaban J connectivity index is 2.00. The molecule has 0 aromatic heterocycles. The molecule has 5 nitrogen and oxygen atoms in total. The van der Waals surface area contributed by atoms with Gasteiger partial charge < -0.3 is 20.0 Å². The minimum absolute atomic E-state index is 0.469. The third kappa shape index (κ3) is 4.49. The first-order valence-electron chi connectivity index (χ1n) is 8.91. The SMILES string of the molecule is CCOc1cc(-c2ccccc2)cc(C(Nc2ccc(C#N)cc2)C(=O)[O-])c1. The Kier molecular flexibility index (Phi) is 5.93. The van der Waals surface area contributed by atoms with Gasteiger partial charge in [0.05, 0.1) is 30.3 Å². The lowest BCUT2D eigenvalue weighted by atomic mass is 9.98. The second-order valence-electron chi connectivity index (χ2n) is 6.18. The number of hydrogen-bond donors (Lipinski definition) is 1. The minimum atomic E-state index is -1.25. The Hall–Kier alpha value is -3.78. The summed E-state index contributed by atoms with van der Waals surface area (Å²) in [5.41, 5.74) is 3.42. The molecule has 3 aromatic carbocycles. The summed E-state index contributed by atoms with van der Waals surface area (Å²) in [6, 6.07) is 22.6. The van der Waals surface area contributed by atoms with Crippen LogP contribution in [-0.2, 0) is 4.79 Å². The Morgan fingerprint density at radius 3 is 2.39 bits per heavy atom. The van der Waals surface area contributed by atoms with E-state index in [2.05, 4.69) is 5.32 Å². The summed E-state index contributed by atoms with van der Waals surface area (Å²) in [7, 11) is 0. The maximum atomic E-state index is 11.9. The van der Waals surface area contributed by atoms with Gasteiger partial charge in [-0.3, -0.25) is 0 Å². The van der Waals surface area contributed by atoms with Crippen molar-refractivity contribution in [3.8, 4) is 22.9 Å². The summed E-state index contributed by atoms with van der Waals surface area (Å²) in [6.45, 7) is 2.34. The molecule has 1 N–H and O–H groups in total. The van der Waals surface area contributed by atoms with Gasteiger partial charge in [0.15, 0.2) is 0 Å². The number of carbonyl (C=O) groups is 1. The molecular formula is C23H19N2O3-. The van der Waals surface area contributed by atoms with Crippen LogP contribution < -0.4 is 15.2 Å². The van der Waals surface area contributed by atoms with Gasteiger partial charge in [-0.15, -0.1) is 0 Å². The molecule has 0 bridgehead atoms. The van der Waals surface area contributed by atoms with Crippen LogP contribution >= 0.6 is 0 Å². The van der Waals surface area contributed by atoms with Gasteiger partial charge in [-0.2, -0.15) is 5.26 Å². The van der Waals surface area contributed by atoms with Crippen molar-refractivity contribution in [1.29, 1.82) is 5.26 Å². The van der Waals surface area contributed by atoms with Crippen molar-refractivity contribution in [2.24, 2.45) is 0 Å². The van der Waals surface area contributed by atoms with E-state index >= 15 is 0 Å². The number of nitriles is 1. The summed E-state index contributed by atoms with van der Waals surface area (Å²) in [5.74, 6) is -0.663. The van der Waals surface area contributed by atoms with Gasteiger partial charge in [-0.05, 0) is 66.1 Å². The second-order valence-corrected chi connectivity index (χ2v) is 6.18. The lowest BCUT2D eigenvalue weighted by molar-refractivity contribution is -0.307. The number of carboxylic acids is 1. The van der Waals surface area contributed by atoms with Crippen LogP contribution in [0, 0.1) is 11.3 Å². The summed E-state index contributed by atoms with van der Waals surface area (Å²) in [6.07, 6.45) is 0. The van der Waals surface area contributed by atoms with E-state index in [1.165, 1.54) is 0 Å². The molecule has 0 saturated carbocycles. The molecule has 0 heterocycles. The van der Waals surface area contributed by atoms with Crippen molar-refractivity contribution in [2.45, 2.75) is 13.0 Å². The quantitative estimate of drug-likeness (QED) is 0.687. The number of nitrogens with one attached hydrogen (secondary N) is 1. The van der Waals surface area contributed by atoms with Crippen molar-refractivity contribution in [2.75, 3.05) is 11.9 Å². The van der Waals surface area contributed by atoms with Crippen LogP contribution in [0.5, 0.6) is 5.75 Å². The molecule has 3 rings (SSSR count). The predicted molar refractivity (Wildman–Crippen MR) is 106 cm³/mol. The maximum absolute atomic E-state index is 11.9. The van der Waals surface area contributed by atoms with E-state index < -0.39 is 12.0 Å². The summed E-state index contributed by atoms with van der Waals surface area (Å²) in [5, 5.41) is 23.8. The van der Waals surface area contributed by atoms with Crippen molar-refractivity contribution < 1.29 is 14.6 Å². The number of nitrogens with zero attached hydrogens (tertiary/aromatic N) is 1. The first-order chi connectivity index (χ1) is 13.6. The fourth-order valence-corrected chi connectivity index (χ4v) is 2.92. The average Bonchev–Trinajstić information content (AvgIpc) is 2.73. The summed E-state index contributed by atoms with van der Waals surface area (Å²) in [4.78, 5) is 11.9. The van der Waals surface area contributed by atoms with Gasteiger partial charge in [-0.25, -0.2) is 0 Å². The van der Waals surface area contributed by atoms with E-state index in [9.17, 15) is 9.90 Å². The number of anilines is 1. The van der Waals surface area contributed by atoms with Crippen LogP contribution in [0.1, 0.15) is 24.1 Å². The number of carboxylic acid groups (broad SMARTS) is 1. The first kappa shape index (κ1) is 19.0. The standard InChI is InChI=1S/C23H20N2O3/c1-2-28-21-13-18(17-6-4-3-5-7-17)12-19(14-21)22(23(26)27)25-20-10-8-16(15-24)9-11-20/h3-14,22,25H,2H2,1H3,(H,26,27)/p-1. The normalized spacial score (nSPS) is 11.3. The summed E-state index contributed by atoms with van der Waals surface area (Å²) < 4.78 is 5.64. The monoisotopic (exact) mass is 371 g/mol. The smallest absolute Gasteiger partial charge is 0.120 e. The van der Waals surface area contributed by atoms with Gasteiger partial charge in [0.1, 0.15) is 5.75 Å². The fourth-order valence-electron chi connectivity index (χ4n) is 2.92. The van der Waals surface area contributed by atoms with Crippen molar-refractivity contribution in [3.63, 3.8) is 0 Å². The molecule has 28 heavy (non-hydrogen) atoms. The molecule has 1 atom stereocenters. The molecule has 0 aliphatic rings. The third-order valence-electron chi connectivity index (χ3n) is 4.24. The number of hydrogen-bond acceptors (Lipinski definition) is 5. The molecule has 0 radical (unpaired) electrons. The molecule has 0 spiro atoms. The molecule has 0 amide bonds. The zero-order chi connectivity index (χ0) is 19.9. The van der Waals surface area contributed by atoms with E-state index in [0.29, 0.717) is 29.2 Å². The van der Waals surface area contributed by atoms with Crippen LogP contribution in [-0.4, -0.2) is 12.6 Å². The maximum Gasteiger partial charge on any atom is 0.120 e. The molecule has 0 fully saturated rings. The largest absolute Gasteiger partial charge is 0.548 e. The summed E-state index contributed by atoms with van der Waals surface area (Å²) >= 11 is 0. The number of benzene rings is 3. The highest BCUT2D eigenvalue weighted by molar-refractivity contribution is 5.79. The van der Waals surface area contributed by atoms with Gasteiger partial charge in [0.2, 0.25) is 0 Å². The van der Waals surface area contributed by atoms with Gasteiger partial charge in [0.25, 0.3) is 0 Å². The van der Waals surface area contributed by atoms with Crippen molar-refractivity contribution in [3.05, 3.63) is 83.9 Å². The zero-order valence-corrected chi connectivity index (χ0v) is 15.4. The van der Waals surface area contributed by atoms with Crippen LogP contribution in [0.15, 0.2) is 72.8 Å². The van der Waals surface area contributed by atoms with Crippen molar-refractivity contribution in [1.82, 2.24) is 0 Å². The zero-order valence-electron chi connectivity index (χ0n) is 15.4. The van der Waals surface area contributed by atoms with Gasteiger partial charge >= 0.3 is 0 Å². The van der Waals surface area contributed by atoms with E-state index in [1.807, 2.05) is 55.5 Å².